The Morgan fingerprint density at radius 1 is 1.27 bits per heavy atom. The van der Waals surface area contributed by atoms with Crippen LogP contribution in [-0.4, -0.2) is 14.5 Å². The topological polar surface area (TPSA) is 37.5 Å². The number of imidazole rings is 1. The van der Waals surface area contributed by atoms with Gasteiger partial charge >= 0.3 is 0 Å². The van der Waals surface area contributed by atoms with Gasteiger partial charge < -0.3 is 5.11 Å². The van der Waals surface area contributed by atoms with E-state index in [0.29, 0.717) is 11.7 Å². The summed E-state index contributed by atoms with van der Waals surface area (Å²) >= 11 is 0. The van der Waals surface area contributed by atoms with E-state index in [1.165, 1.54) is 25.7 Å². The maximum Gasteiger partial charge on any atom is 0.132 e. The minimum atomic E-state index is 0.305. The standard InChI is InChI=1S/C12H14N2O/c15-11-6-5-10-7-13-12(14(10)8-11)9-3-1-2-4-9/h5-9,15H,1-4H2. The number of aromatic hydroxyl groups is 1. The number of fused-ring (bicyclic) bond motifs is 1. The lowest BCUT2D eigenvalue weighted by Gasteiger charge is -2.07. The Labute approximate surface area is 88.4 Å². The molecule has 0 unspecified atom stereocenters. The van der Waals surface area contributed by atoms with Crippen LogP contribution < -0.4 is 0 Å². The fourth-order valence-electron chi connectivity index (χ4n) is 2.49. The molecule has 0 radical (unpaired) electrons. The molecule has 1 N–H and O–H groups in total. The lowest BCUT2D eigenvalue weighted by molar-refractivity contribution is 0.471. The van der Waals surface area contributed by atoms with Gasteiger partial charge in [0.1, 0.15) is 11.6 Å². The number of hydrogen-bond donors (Lipinski definition) is 1. The molecular formula is C12H14N2O. The van der Waals surface area contributed by atoms with Crippen LogP contribution in [-0.2, 0) is 0 Å². The van der Waals surface area contributed by atoms with E-state index in [4.69, 9.17) is 0 Å². The fourth-order valence-corrected chi connectivity index (χ4v) is 2.49. The number of aromatic nitrogens is 2. The van der Waals surface area contributed by atoms with E-state index in [0.717, 1.165) is 11.3 Å². The summed E-state index contributed by atoms with van der Waals surface area (Å²) in [5, 5.41) is 9.47. The van der Waals surface area contributed by atoms with Gasteiger partial charge in [0.05, 0.1) is 17.9 Å². The second kappa shape index (κ2) is 3.26. The SMILES string of the molecule is Oc1ccc2cnc(C3CCCC3)n2c1. The first-order chi connectivity index (χ1) is 7.34. The maximum atomic E-state index is 9.47. The third-order valence-electron chi connectivity index (χ3n) is 3.26. The van der Waals surface area contributed by atoms with Gasteiger partial charge in [-0.25, -0.2) is 4.98 Å². The van der Waals surface area contributed by atoms with Gasteiger partial charge in [-0.2, -0.15) is 0 Å². The minimum Gasteiger partial charge on any atom is -0.506 e. The minimum absolute atomic E-state index is 0.305. The third kappa shape index (κ3) is 1.39. The molecule has 0 aromatic carbocycles. The molecule has 3 heteroatoms. The van der Waals surface area contributed by atoms with E-state index < -0.39 is 0 Å². The van der Waals surface area contributed by atoms with Crippen LogP contribution in [0.5, 0.6) is 5.75 Å². The highest BCUT2D eigenvalue weighted by Gasteiger charge is 2.21. The van der Waals surface area contributed by atoms with Crippen LogP contribution in [0.1, 0.15) is 37.4 Å². The van der Waals surface area contributed by atoms with Crippen molar-refractivity contribution >= 4 is 5.52 Å². The Morgan fingerprint density at radius 3 is 2.87 bits per heavy atom. The zero-order valence-electron chi connectivity index (χ0n) is 8.56. The van der Waals surface area contributed by atoms with E-state index >= 15 is 0 Å². The predicted octanol–water partition coefficient (Wildman–Crippen LogP) is 2.70. The fraction of sp³-hybridized carbons (Fsp3) is 0.417. The summed E-state index contributed by atoms with van der Waals surface area (Å²) in [7, 11) is 0. The van der Waals surface area contributed by atoms with E-state index in [-0.39, 0.29) is 0 Å². The Balaban J connectivity index is 2.13. The van der Waals surface area contributed by atoms with Crippen molar-refractivity contribution in [2.75, 3.05) is 0 Å². The molecule has 0 bridgehead atoms. The van der Waals surface area contributed by atoms with Gasteiger partial charge in [-0.05, 0) is 25.0 Å². The van der Waals surface area contributed by atoms with Crippen LogP contribution >= 0.6 is 0 Å². The quantitative estimate of drug-likeness (QED) is 0.772. The smallest absolute Gasteiger partial charge is 0.132 e. The molecule has 0 atom stereocenters. The van der Waals surface area contributed by atoms with Crippen molar-refractivity contribution in [3.05, 3.63) is 30.4 Å². The van der Waals surface area contributed by atoms with Gasteiger partial charge in [-0.3, -0.25) is 4.40 Å². The van der Waals surface area contributed by atoms with Crippen molar-refractivity contribution in [3.63, 3.8) is 0 Å². The molecule has 0 saturated heterocycles. The molecule has 1 fully saturated rings. The van der Waals surface area contributed by atoms with Gasteiger partial charge in [0.25, 0.3) is 0 Å². The molecule has 15 heavy (non-hydrogen) atoms. The summed E-state index contributed by atoms with van der Waals surface area (Å²) in [6.07, 6.45) is 8.71. The highest BCUT2D eigenvalue weighted by atomic mass is 16.3. The van der Waals surface area contributed by atoms with E-state index in [1.807, 2.05) is 16.7 Å². The maximum absolute atomic E-state index is 9.47. The molecule has 2 heterocycles. The first-order valence-corrected chi connectivity index (χ1v) is 5.50. The molecule has 0 amide bonds. The van der Waals surface area contributed by atoms with Crippen LogP contribution in [0.4, 0.5) is 0 Å². The molecule has 78 valence electrons. The highest BCUT2D eigenvalue weighted by Crippen LogP contribution is 2.33. The number of nitrogens with zero attached hydrogens (tertiary/aromatic N) is 2. The molecule has 2 aromatic rings. The Bertz CT molecular complexity index is 483. The number of rotatable bonds is 1. The summed E-state index contributed by atoms with van der Waals surface area (Å²) < 4.78 is 2.02. The van der Waals surface area contributed by atoms with Crippen molar-refractivity contribution in [1.29, 1.82) is 0 Å². The van der Waals surface area contributed by atoms with Gasteiger partial charge in [-0.15, -0.1) is 0 Å². The Hall–Kier alpha value is -1.51. The summed E-state index contributed by atoms with van der Waals surface area (Å²) in [6.45, 7) is 0. The monoisotopic (exact) mass is 202 g/mol. The zero-order chi connectivity index (χ0) is 10.3. The highest BCUT2D eigenvalue weighted by molar-refractivity contribution is 5.48. The van der Waals surface area contributed by atoms with E-state index in [9.17, 15) is 5.11 Å². The molecule has 1 saturated carbocycles. The molecule has 0 spiro atoms. The van der Waals surface area contributed by atoms with Crippen molar-refractivity contribution in [2.45, 2.75) is 31.6 Å². The van der Waals surface area contributed by atoms with Crippen molar-refractivity contribution < 1.29 is 5.11 Å². The van der Waals surface area contributed by atoms with Crippen molar-refractivity contribution in [1.82, 2.24) is 9.38 Å². The van der Waals surface area contributed by atoms with Crippen LogP contribution in [0, 0.1) is 0 Å². The molecular weight excluding hydrogens is 188 g/mol. The van der Waals surface area contributed by atoms with Crippen LogP contribution in [0.25, 0.3) is 5.52 Å². The Kier molecular flexibility index (Phi) is 1.91. The third-order valence-corrected chi connectivity index (χ3v) is 3.26. The van der Waals surface area contributed by atoms with E-state index in [2.05, 4.69) is 4.98 Å². The second-order valence-electron chi connectivity index (χ2n) is 4.28. The molecule has 3 rings (SSSR count). The average molecular weight is 202 g/mol. The first-order valence-electron chi connectivity index (χ1n) is 5.50. The van der Waals surface area contributed by atoms with Gasteiger partial charge in [0.2, 0.25) is 0 Å². The van der Waals surface area contributed by atoms with Crippen molar-refractivity contribution in [2.24, 2.45) is 0 Å². The average Bonchev–Trinajstić information content (AvgIpc) is 2.83. The first kappa shape index (κ1) is 8.77. The second-order valence-corrected chi connectivity index (χ2v) is 4.28. The molecule has 1 aliphatic rings. The number of pyridine rings is 1. The summed E-state index contributed by atoms with van der Waals surface area (Å²) in [4.78, 5) is 4.47. The summed E-state index contributed by atoms with van der Waals surface area (Å²) in [6, 6.07) is 3.61. The molecule has 2 aromatic heterocycles. The normalized spacial score (nSPS) is 17.6. The summed E-state index contributed by atoms with van der Waals surface area (Å²) in [5.41, 5.74) is 1.06. The summed E-state index contributed by atoms with van der Waals surface area (Å²) in [5.74, 6) is 1.99. The van der Waals surface area contributed by atoms with Gasteiger partial charge in [-0.1, -0.05) is 12.8 Å². The van der Waals surface area contributed by atoms with Gasteiger partial charge in [0, 0.05) is 5.92 Å². The number of hydrogen-bond acceptors (Lipinski definition) is 2. The van der Waals surface area contributed by atoms with Gasteiger partial charge in [0.15, 0.2) is 0 Å². The largest absolute Gasteiger partial charge is 0.506 e. The van der Waals surface area contributed by atoms with Crippen LogP contribution in [0.15, 0.2) is 24.5 Å². The van der Waals surface area contributed by atoms with Crippen LogP contribution in [0.3, 0.4) is 0 Å². The molecule has 0 aliphatic heterocycles. The molecule has 1 aliphatic carbocycles. The van der Waals surface area contributed by atoms with Crippen molar-refractivity contribution in [3.8, 4) is 5.75 Å². The Morgan fingerprint density at radius 2 is 2.07 bits per heavy atom. The molecule has 3 nitrogen and oxygen atoms in total. The zero-order valence-corrected chi connectivity index (χ0v) is 8.56. The lowest BCUT2D eigenvalue weighted by Crippen LogP contribution is -1.99. The lowest BCUT2D eigenvalue weighted by atomic mass is 10.1. The van der Waals surface area contributed by atoms with E-state index in [1.54, 1.807) is 12.3 Å². The predicted molar refractivity (Wildman–Crippen MR) is 58.1 cm³/mol. The van der Waals surface area contributed by atoms with Crippen LogP contribution in [0.2, 0.25) is 0 Å².